The molecule has 0 radical (unpaired) electrons. The highest BCUT2D eigenvalue weighted by Gasteiger charge is 2.23. The Balaban J connectivity index is 1.91. The van der Waals surface area contributed by atoms with Gasteiger partial charge in [0, 0.05) is 16.3 Å². The molecule has 2 aromatic carbocycles. The second-order valence-corrected chi connectivity index (χ2v) is 7.67. The Morgan fingerprint density at radius 1 is 1.17 bits per heavy atom. The molecule has 0 bridgehead atoms. The fourth-order valence-electron chi connectivity index (χ4n) is 3.08. The summed E-state index contributed by atoms with van der Waals surface area (Å²) in [4.78, 5) is 25.7. The van der Waals surface area contributed by atoms with Crippen molar-refractivity contribution in [1.82, 2.24) is 5.32 Å². The molecule has 2 aromatic rings. The van der Waals surface area contributed by atoms with Crippen LogP contribution in [-0.4, -0.2) is 38.6 Å². The average molecular weight is 419 g/mol. The lowest BCUT2D eigenvalue weighted by Gasteiger charge is -2.22. The Bertz CT molecular complexity index is 865. The lowest BCUT2D eigenvalue weighted by molar-refractivity contribution is -0.908. The Labute approximate surface area is 177 Å². The largest absolute Gasteiger partial charge is 0.496 e. The van der Waals surface area contributed by atoms with Gasteiger partial charge in [0.1, 0.15) is 12.3 Å². The van der Waals surface area contributed by atoms with E-state index in [0.717, 1.165) is 33.0 Å². The number of carbonyl (C=O) groups excluding carboxylic acids is 2. The molecule has 2 atom stereocenters. The number of rotatable bonds is 8. The van der Waals surface area contributed by atoms with E-state index in [0.29, 0.717) is 11.6 Å². The summed E-state index contributed by atoms with van der Waals surface area (Å²) in [6, 6.07) is 10.9. The number of halogens is 1. The summed E-state index contributed by atoms with van der Waals surface area (Å²) in [6.45, 7) is 6.18. The molecule has 6 nitrogen and oxygen atoms in total. The van der Waals surface area contributed by atoms with Crippen LogP contribution in [0.1, 0.15) is 23.6 Å². The number of methoxy groups -OCH3 is 1. The van der Waals surface area contributed by atoms with Crippen LogP contribution < -0.4 is 20.3 Å². The van der Waals surface area contributed by atoms with Crippen molar-refractivity contribution in [3.05, 3.63) is 58.1 Å². The van der Waals surface area contributed by atoms with Gasteiger partial charge < -0.3 is 20.3 Å². The summed E-state index contributed by atoms with van der Waals surface area (Å²) in [6.07, 6.45) is 0. The SMILES string of the molecule is COc1ccc(Cl)cc1C[NH+](C)[C@@H](C)C(=O)NCC(=O)Nc1c(C)cccc1C. The number of carbonyl (C=O) groups is 2. The maximum absolute atomic E-state index is 12.5. The van der Waals surface area contributed by atoms with Crippen molar-refractivity contribution in [1.29, 1.82) is 0 Å². The normalized spacial score (nSPS) is 12.8. The number of hydrogen-bond donors (Lipinski definition) is 3. The van der Waals surface area contributed by atoms with Crippen LogP contribution >= 0.6 is 11.6 Å². The van der Waals surface area contributed by atoms with Gasteiger partial charge in [-0.15, -0.1) is 0 Å². The van der Waals surface area contributed by atoms with Crippen LogP contribution in [0, 0.1) is 13.8 Å². The van der Waals surface area contributed by atoms with Gasteiger partial charge in [0.25, 0.3) is 5.91 Å². The Morgan fingerprint density at radius 3 is 2.45 bits per heavy atom. The molecule has 2 rings (SSSR count). The monoisotopic (exact) mass is 418 g/mol. The second-order valence-electron chi connectivity index (χ2n) is 7.23. The van der Waals surface area contributed by atoms with Crippen molar-refractivity contribution in [3.63, 3.8) is 0 Å². The minimum atomic E-state index is -0.355. The molecule has 29 heavy (non-hydrogen) atoms. The number of ether oxygens (including phenoxy) is 1. The number of aryl methyl sites for hydroxylation is 2. The van der Waals surface area contributed by atoms with Gasteiger partial charge in [-0.3, -0.25) is 9.59 Å². The molecule has 0 saturated heterocycles. The second kappa shape index (κ2) is 10.3. The third-order valence-electron chi connectivity index (χ3n) is 5.01. The van der Waals surface area contributed by atoms with Crippen LogP contribution in [0.15, 0.2) is 36.4 Å². The predicted octanol–water partition coefficient (Wildman–Crippen LogP) is 2.12. The first kappa shape index (κ1) is 22.7. The standard InChI is InChI=1S/C22H28ClN3O3/c1-14-7-6-8-15(2)21(14)25-20(27)12-24-22(28)16(3)26(4)13-17-11-18(23)9-10-19(17)29-5/h6-11,16H,12-13H2,1-5H3,(H,24,28)(H,25,27)/p+1/t16-/m0/s1. The van der Waals surface area contributed by atoms with E-state index in [4.69, 9.17) is 16.3 Å². The molecule has 3 N–H and O–H groups in total. The number of anilines is 1. The first-order valence-electron chi connectivity index (χ1n) is 9.51. The van der Waals surface area contributed by atoms with Crippen molar-refractivity contribution in [3.8, 4) is 5.75 Å². The van der Waals surface area contributed by atoms with Crippen LogP contribution in [-0.2, 0) is 16.1 Å². The minimum Gasteiger partial charge on any atom is -0.496 e. The van der Waals surface area contributed by atoms with Gasteiger partial charge in [-0.2, -0.15) is 0 Å². The number of para-hydroxylation sites is 1. The van der Waals surface area contributed by atoms with E-state index >= 15 is 0 Å². The number of hydrogen-bond acceptors (Lipinski definition) is 3. The zero-order chi connectivity index (χ0) is 21.6. The molecular formula is C22H29ClN3O3+. The Morgan fingerprint density at radius 2 is 1.83 bits per heavy atom. The highest BCUT2D eigenvalue weighted by atomic mass is 35.5. The molecule has 0 heterocycles. The summed E-state index contributed by atoms with van der Waals surface area (Å²) in [5, 5.41) is 6.21. The van der Waals surface area contributed by atoms with Crippen LogP contribution in [0.3, 0.4) is 0 Å². The lowest BCUT2D eigenvalue weighted by atomic mass is 10.1. The molecule has 1 unspecified atom stereocenters. The molecule has 0 saturated carbocycles. The average Bonchev–Trinajstić information content (AvgIpc) is 2.68. The van der Waals surface area contributed by atoms with E-state index in [9.17, 15) is 9.59 Å². The third kappa shape index (κ3) is 6.21. The van der Waals surface area contributed by atoms with E-state index in [1.54, 1.807) is 13.2 Å². The third-order valence-corrected chi connectivity index (χ3v) is 5.25. The topological polar surface area (TPSA) is 71.9 Å². The minimum absolute atomic E-state index is 0.0787. The number of likely N-dealkylation sites (N-methyl/N-ethyl adjacent to an activating group) is 1. The molecule has 0 aliphatic heterocycles. The molecule has 156 valence electrons. The molecule has 0 spiro atoms. The number of amides is 2. The predicted molar refractivity (Wildman–Crippen MR) is 116 cm³/mol. The molecule has 2 amide bonds. The zero-order valence-corrected chi connectivity index (χ0v) is 18.3. The van der Waals surface area contributed by atoms with Crippen molar-refractivity contribution in [2.24, 2.45) is 0 Å². The van der Waals surface area contributed by atoms with Gasteiger partial charge in [-0.05, 0) is 50.1 Å². The first-order chi connectivity index (χ1) is 13.7. The summed E-state index contributed by atoms with van der Waals surface area (Å²) >= 11 is 6.08. The maximum atomic E-state index is 12.5. The molecule has 0 fully saturated rings. The van der Waals surface area contributed by atoms with E-state index in [-0.39, 0.29) is 24.4 Å². The van der Waals surface area contributed by atoms with Gasteiger partial charge in [0.05, 0.1) is 20.7 Å². The van der Waals surface area contributed by atoms with Crippen LogP contribution in [0.2, 0.25) is 5.02 Å². The van der Waals surface area contributed by atoms with Gasteiger partial charge in [0.15, 0.2) is 6.04 Å². The number of nitrogens with one attached hydrogen (secondary N) is 3. The lowest BCUT2D eigenvalue weighted by Crippen LogP contribution is -3.12. The Kier molecular flexibility index (Phi) is 8.05. The molecule has 0 aliphatic carbocycles. The van der Waals surface area contributed by atoms with E-state index < -0.39 is 0 Å². The van der Waals surface area contributed by atoms with Gasteiger partial charge >= 0.3 is 0 Å². The van der Waals surface area contributed by atoms with Gasteiger partial charge in [0.2, 0.25) is 5.91 Å². The Hall–Kier alpha value is -2.57. The summed E-state index contributed by atoms with van der Waals surface area (Å²) in [5.41, 5.74) is 3.68. The number of quaternary nitrogens is 1. The molecule has 0 aromatic heterocycles. The van der Waals surface area contributed by atoms with E-state index in [1.807, 2.05) is 58.2 Å². The van der Waals surface area contributed by atoms with Gasteiger partial charge in [-0.1, -0.05) is 29.8 Å². The summed E-state index contributed by atoms with van der Waals surface area (Å²) in [5.74, 6) is 0.284. The van der Waals surface area contributed by atoms with Crippen LogP contribution in [0.5, 0.6) is 5.75 Å². The molecule has 0 aliphatic rings. The quantitative estimate of drug-likeness (QED) is 0.615. The van der Waals surface area contributed by atoms with Crippen LogP contribution in [0.4, 0.5) is 5.69 Å². The van der Waals surface area contributed by atoms with E-state index in [1.165, 1.54) is 0 Å². The van der Waals surface area contributed by atoms with Crippen LogP contribution in [0.25, 0.3) is 0 Å². The van der Waals surface area contributed by atoms with Crippen molar-refractivity contribution >= 4 is 29.1 Å². The van der Waals surface area contributed by atoms with Gasteiger partial charge in [-0.25, -0.2) is 0 Å². The zero-order valence-electron chi connectivity index (χ0n) is 17.6. The van der Waals surface area contributed by atoms with Crippen molar-refractivity contribution < 1.29 is 19.2 Å². The first-order valence-corrected chi connectivity index (χ1v) is 9.89. The van der Waals surface area contributed by atoms with Crippen molar-refractivity contribution in [2.45, 2.75) is 33.4 Å². The molecule has 7 heteroatoms. The smallest absolute Gasteiger partial charge is 0.278 e. The maximum Gasteiger partial charge on any atom is 0.278 e. The summed E-state index contributed by atoms with van der Waals surface area (Å²) in [7, 11) is 3.52. The van der Waals surface area contributed by atoms with Crippen molar-refractivity contribution in [2.75, 3.05) is 26.0 Å². The molecular weight excluding hydrogens is 390 g/mol. The highest BCUT2D eigenvalue weighted by Crippen LogP contribution is 2.22. The summed E-state index contributed by atoms with van der Waals surface area (Å²) < 4.78 is 5.37. The number of benzene rings is 2. The fraction of sp³-hybridized carbons (Fsp3) is 0.364. The highest BCUT2D eigenvalue weighted by molar-refractivity contribution is 6.30. The van der Waals surface area contributed by atoms with E-state index in [2.05, 4.69) is 10.6 Å². The fourth-order valence-corrected chi connectivity index (χ4v) is 3.27.